The van der Waals surface area contributed by atoms with Gasteiger partial charge < -0.3 is 9.84 Å². The van der Waals surface area contributed by atoms with Crippen molar-refractivity contribution < 1.29 is 14.6 Å². The zero-order valence-corrected chi connectivity index (χ0v) is 9.61. The van der Waals surface area contributed by atoms with Crippen molar-refractivity contribution in [3.05, 3.63) is 41.7 Å². The molecular weight excluding hydrogens is 260 g/mol. The zero-order valence-electron chi connectivity index (χ0n) is 8.02. The van der Waals surface area contributed by atoms with E-state index in [0.717, 1.165) is 5.56 Å². The standard InChI is InChI=1S/C11H11BrO3/c12-6-7-15-10(11(13)14)8-9-4-2-1-3-5-9/h1-5,8H,6-7H2,(H,13,14). The first-order chi connectivity index (χ1) is 7.24. The molecular formula is C11H11BrO3. The molecule has 0 fully saturated rings. The molecule has 0 spiro atoms. The van der Waals surface area contributed by atoms with Gasteiger partial charge in [-0.3, -0.25) is 0 Å². The Hall–Kier alpha value is -1.29. The molecule has 0 radical (unpaired) electrons. The average molecular weight is 271 g/mol. The molecule has 0 aliphatic rings. The maximum absolute atomic E-state index is 10.8. The van der Waals surface area contributed by atoms with Crippen LogP contribution in [0.2, 0.25) is 0 Å². The number of alkyl halides is 1. The fourth-order valence-electron chi connectivity index (χ4n) is 1.01. The molecule has 1 rings (SSSR count). The maximum atomic E-state index is 10.8. The summed E-state index contributed by atoms with van der Waals surface area (Å²) < 4.78 is 5.07. The van der Waals surface area contributed by atoms with E-state index in [1.165, 1.54) is 6.08 Å². The van der Waals surface area contributed by atoms with Crippen molar-refractivity contribution in [1.29, 1.82) is 0 Å². The molecule has 0 atom stereocenters. The van der Waals surface area contributed by atoms with Crippen molar-refractivity contribution in [3.63, 3.8) is 0 Å². The van der Waals surface area contributed by atoms with Gasteiger partial charge in [-0.2, -0.15) is 0 Å². The van der Waals surface area contributed by atoms with Crippen molar-refractivity contribution >= 4 is 28.0 Å². The number of carbonyl (C=O) groups is 1. The maximum Gasteiger partial charge on any atom is 0.371 e. The van der Waals surface area contributed by atoms with Crippen LogP contribution in [-0.4, -0.2) is 23.0 Å². The molecule has 0 aliphatic heterocycles. The van der Waals surface area contributed by atoms with Crippen LogP contribution in [-0.2, 0) is 9.53 Å². The van der Waals surface area contributed by atoms with E-state index in [1.54, 1.807) is 0 Å². The Kier molecular flexibility index (Phi) is 4.90. The molecule has 0 aliphatic carbocycles. The molecule has 4 heteroatoms. The first-order valence-corrected chi connectivity index (χ1v) is 5.55. The molecule has 0 amide bonds. The van der Waals surface area contributed by atoms with E-state index in [4.69, 9.17) is 9.84 Å². The summed E-state index contributed by atoms with van der Waals surface area (Å²) in [7, 11) is 0. The minimum Gasteiger partial charge on any atom is -0.486 e. The second kappa shape index (κ2) is 6.24. The van der Waals surface area contributed by atoms with Crippen LogP contribution in [0.5, 0.6) is 0 Å². The summed E-state index contributed by atoms with van der Waals surface area (Å²) in [6.45, 7) is 0.338. The Balaban J connectivity index is 2.79. The number of hydrogen-bond acceptors (Lipinski definition) is 2. The van der Waals surface area contributed by atoms with E-state index in [1.807, 2.05) is 30.3 Å². The molecule has 0 bridgehead atoms. The number of aliphatic carboxylic acids is 1. The van der Waals surface area contributed by atoms with Crippen molar-refractivity contribution in [3.8, 4) is 0 Å². The summed E-state index contributed by atoms with van der Waals surface area (Å²) in [6, 6.07) is 9.20. The Labute approximate surface area is 96.5 Å². The Morgan fingerprint density at radius 2 is 2.07 bits per heavy atom. The fourth-order valence-corrected chi connectivity index (χ4v) is 1.18. The average Bonchev–Trinajstić information content (AvgIpc) is 2.25. The van der Waals surface area contributed by atoms with Crippen LogP contribution in [0.1, 0.15) is 5.56 Å². The summed E-state index contributed by atoms with van der Waals surface area (Å²) in [6.07, 6.45) is 1.50. The van der Waals surface area contributed by atoms with Crippen molar-refractivity contribution in [2.75, 3.05) is 11.9 Å². The van der Waals surface area contributed by atoms with Gasteiger partial charge in [-0.05, 0) is 11.6 Å². The Morgan fingerprint density at radius 1 is 1.40 bits per heavy atom. The largest absolute Gasteiger partial charge is 0.486 e. The van der Waals surface area contributed by atoms with Gasteiger partial charge in [0.2, 0.25) is 5.76 Å². The van der Waals surface area contributed by atoms with Gasteiger partial charge in [0.1, 0.15) is 0 Å². The highest BCUT2D eigenvalue weighted by molar-refractivity contribution is 9.09. The smallest absolute Gasteiger partial charge is 0.371 e. The lowest BCUT2D eigenvalue weighted by Crippen LogP contribution is -2.06. The van der Waals surface area contributed by atoms with Gasteiger partial charge in [0.05, 0.1) is 6.61 Å². The minimum atomic E-state index is -1.06. The van der Waals surface area contributed by atoms with Crippen LogP contribution in [0.4, 0.5) is 0 Å². The molecule has 0 heterocycles. The summed E-state index contributed by atoms with van der Waals surface area (Å²) in [5.74, 6) is -1.10. The zero-order chi connectivity index (χ0) is 11.1. The molecule has 0 saturated carbocycles. The molecule has 1 N–H and O–H groups in total. The molecule has 15 heavy (non-hydrogen) atoms. The first kappa shape index (κ1) is 11.8. The molecule has 0 unspecified atom stereocenters. The van der Waals surface area contributed by atoms with Crippen LogP contribution in [0.25, 0.3) is 6.08 Å². The van der Waals surface area contributed by atoms with Gasteiger partial charge in [-0.15, -0.1) is 0 Å². The molecule has 1 aromatic carbocycles. The number of rotatable bonds is 5. The van der Waals surface area contributed by atoms with Gasteiger partial charge in [-0.25, -0.2) is 4.79 Å². The van der Waals surface area contributed by atoms with E-state index < -0.39 is 5.97 Å². The van der Waals surface area contributed by atoms with Gasteiger partial charge in [0, 0.05) is 5.33 Å². The van der Waals surface area contributed by atoms with E-state index in [-0.39, 0.29) is 5.76 Å². The molecule has 80 valence electrons. The lowest BCUT2D eigenvalue weighted by atomic mass is 10.2. The summed E-state index contributed by atoms with van der Waals surface area (Å²) in [4.78, 5) is 10.8. The number of halogens is 1. The van der Waals surface area contributed by atoms with E-state index in [0.29, 0.717) is 11.9 Å². The summed E-state index contributed by atoms with van der Waals surface area (Å²) >= 11 is 3.17. The van der Waals surface area contributed by atoms with Crippen LogP contribution in [0.15, 0.2) is 36.1 Å². The predicted octanol–water partition coefficient (Wildman–Crippen LogP) is 2.52. The Bertz CT molecular complexity index is 346. The third-order valence-electron chi connectivity index (χ3n) is 1.64. The normalized spacial score (nSPS) is 11.1. The van der Waals surface area contributed by atoms with Crippen molar-refractivity contribution in [2.45, 2.75) is 0 Å². The second-order valence-corrected chi connectivity index (χ2v) is 3.55. The van der Waals surface area contributed by atoms with Crippen LogP contribution in [0, 0.1) is 0 Å². The predicted molar refractivity (Wildman–Crippen MR) is 61.8 cm³/mol. The Morgan fingerprint density at radius 3 is 2.60 bits per heavy atom. The van der Waals surface area contributed by atoms with Crippen LogP contribution in [0.3, 0.4) is 0 Å². The molecule has 1 aromatic rings. The van der Waals surface area contributed by atoms with Gasteiger partial charge >= 0.3 is 5.97 Å². The fraction of sp³-hybridized carbons (Fsp3) is 0.182. The number of benzene rings is 1. The molecule has 0 aromatic heterocycles. The lowest BCUT2D eigenvalue weighted by molar-refractivity contribution is -0.136. The summed E-state index contributed by atoms with van der Waals surface area (Å²) in [5.41, 5.74) is 0.810. The van der Waals surface area contributed by atoms with Crippen molar-refractivity contribution in [1.82, 2.24) is 0 Å². The highest BCUT2D eigenvalue weighted by Crippen LogP contribution is 2.08. The van der Waals surface area contributed by atoms with Crippen LogP contribution >= 0.6 is 15.9 Å². The number of carboxylic acids is 1. The third kappa shape index (κ3) is 4.16. The first-order valence-electron chi connectivity index (χ1n) is 4.43. The molecule has 0 saturated heterocycles. The highest BCUT2D eigenvalue weighted by Gasteiger charge is 2.07. The molecule has 3 nitrogen and oxygen atoms in total. The van der Waals surface area contributed by atoms with E-state index in [2.05, 4.69) is 15.9 Å². The third-order valence-corrected chi connectivity index (χ3v) is 1.97. The minimum absolute atomic E-state index is 0.0411. The van der Waals surface area contributed by atoms with Gasteiger partial charge in [0.15, 0.2) is 0 Å². The second-order valence-electron chi connectivity index (χ2n) is 2.76. The lowest BCUT2D eigenvalue weighted by Gasteiger charge is -2.04. The van der Waals surface area contributed by atoms with Gasteiger partial charge in [0.25, 0.3) is 0 Å². The highest BCUT2D eigenvalue weighted by atomic mass is 79.9. The number of carboxylic acid groups (broad SMARTS) is 1. The topological polar surface area (TPSA) is 46.5 Å². The SMILES string of the molecule is O=C(O)C(=Cc1ccccc1)OCCBr. The van der Waals surface area contributed by atoms with Gasteiger partial charge in [-0.1, -0.05) is 46.3 Å². The quantitative estimate of drug-likeness (QED) is 0.508. The number of hydrogen-bond donors (Lipinski definition) is 1. The monoisotopic (exact) mass is 270 g/mol. The number of ether oxygens (including phenoxy) is 1. The van der Waals surface area contributed by atoms with Crippen LogP contribution < -0.4 is 0 Å². The van der Waals surface area contributed by atoms with Crippen molar-refractivity contribution in [2.24, 2.45) is 0 Å². The van der Waals surface area contributed by atoms with E-state index in [9.17, 15) is 4.79 Å². The van der Waals surface area contributed by atoms with E-state index >= 15 is 0 Å². The summed E-state index contributed by atoms with van der Waals surface area (Å²) in [5, 5.41) is 9.46.